The van der Waals surface area contributed by atoms with Gasteiger partial charge in [-0.25, -0.2) is 4.39 Å². The van der Waals surface area contributed by atoms with Crippen LogP contribution in [0.3, 0.4) is 0 Å². The number of hydrogen-bond donors (Lipinski definition) is 0. The van der Waals surface area contributed by atoms with Crippen LogP contribution in [0.2, 0.25) is 0 Å². The molecule has 0 aliphatic carbocycles. The van der Waals surface area contributed by atoms with Gasteiger partial charge in [0.1, 0.15) is 5.67 Å². The molecule has 0 aromatic carbocycles. The van der Waals surface area contributed by atoms with E-state index in [1.165, 1.54) is 32.5 Å². The van der Waals surface area contributed by atoms with Crippen LogP contribution in [0.1, 0.15) is 67.2 Å². The molecule has 22 heavy (non-hydrogen) atoms. The first-order valence-electron chi connectivity index (χ1n) is 9.18. The van der Waals surface area contributed by atoms with Crippen LogP contribution in [0.5, 0.6) is 0 Å². The Morgan fingerprint density at radius 2 is 1.41 bits per heavy atom. The number of hydrogen-bond acceptors (Lipinski definition) is 2. The zero-order valence-corrected chi connectivity index (χ0v) is 15.7. The highest BCUT2D eigenvalue weighted by Crippen LogP contribution is 2.42. The van der Waals surface area contributed by atoms with Crippen molar-refractivity contribution < 1.29 is 4.39 Å². The molecule has 2 aliphatic heterocycles. The van der Waals surface area contributed by atoms with Gasteiger partial charge in [-0.15, -0.1) is 0 Å². The van der Waals surface area contributed by atoms with Crippen LogP contribution in [0, 0.1) is 11.3 Å². The third-order valence-electron chi connectivity index (χ3n) is 6.07. The van der Waals surface area contributed by atoms with Crippen molar-refractivity contribution in [2.45, 2.75) is 78.4 Å². The highest BCUT2D eigenvalue weighted by molar-refractivity contribution is 4.95. The molecule has 0 radical (unpaired) electrons. The fourth-order valence-corrected chi connectivity index (χ4v) is 3.99. The Kier molecular flexibility index (Phi) is 5.29. The van der Waals surface area contributed by atoms with Gasteiger partial charge >= 0.3 is 0 Å². The average molecular weight is 313 g/mol. The van der Waals surface area contributed by atoms with Crippen LogP contribution in [0.25, 0.3) is 0 Å². The van der Waals surface area contributed by atoms with Gasteiger partial charge < -0.3 is 4.90 Å². The minimum Gasteiger partial charge on any atom is -0.303 e. The molecule has 2 saturated heterocycles. The lowest BCUT2D eigenvalue weighted by Crippen LogP contribution is -2.51. The normalized spacial score (nSPS) is 26.3. The Bertz CT molecular complexity index is 351. The summed E-state index contributed by atoms with van der Waals surface area (Å²) in [6.45, 7) is 18.6. The van der Waals surface area contributed by atoms with Crippen LogP contribution < -0.4 is 0 Å². The summed E-state index contributed by atoms with van der Waals surface area (Å²) in [7, 11) is 0. The number of nitrogens with zero attached hydrogens (tertiary/aromatic N) is 2. The Hall–Kier alpha value is -0.150. The Balaban J connectivity index is 1.76. The van der Waals surface area contributed by atoms with Crippen LogP contribution in [-0.2, 0) is 0 Å². The number of alkyl halides is 1. The molecule has 0 bridgehead atoms. The molecule has 0 saturated carbocycles. The van der Waals surface area contributed by atoms with E-state index in [9.17, 15) is 4.39 Å². The second-order valence-corrected chi connectivity index (χ2v) is 9.62. The van der Waals surface area contributed by atoms with E-state index in [0.717, 1.165) is 19.0 Å². The maximum Gasteiger partial charge on any atom is 0.118 e. The molecular formula is C19H37FN2. The molecule has 2 nitrogen and oxygen atoms in total. The van der Waals surface area contributed by atoms with Crippen molar-refractivity contribution in [3.8, 4) is 0 Å². The first kappa shape index (κ1) is 18.2. The van der Waals surface area contributed by atoms with Crippen molar-refractivity contribution in [1.82, 2.24) is 9.80 Å². The van der Waals surface area contributed by atoms with Crippen LogP contribution in [0.15, 0.2) is 0 Å². The Labute approximate surface area is 137 Å². The van der Waals surface area contributed by atoms with E-state index in [4.69, 9.17) is 0 Å². The summed E-state index contributed by atoms with van der Waals surface area (Å²) < 4.78 is 15.0. The third kappa shape index (κ3) is 4.23. The molecule has 2 rings (SSSR count). The number of likely N-dealkylation sites (tertiary alicyclic amines) is 2. The molecule has 0 aromatic rings. The predicted molar refractivity (Wildman–Crippen MR) is 93.0 cm³/mol. The molecule has 2 heterocycles. The van der Waals surface area contributed by atoms with E-state index < -0.39 is 5.67 Å². The lowest BCUT2D eigenvalue weighted by atomic mass is 9.72. The number of halogens is 1. The molecular weight excluding hydrogens is 275 g/mol. The number of piperidine rings is 2. The van der Waals surface area contributed by atoms with Crippen molar-refractivity contribution in [3.63, 3.8) is 0 Å². The van der Waals surface area contributed by atoms with Gasteiger partial charge in [-0.3, -0.25) is 4.90 Å². The summed E-state index contributed by atoms with van der Waals surface area (Å²) in [5.41, 5.74) is -0.896. The molecule has 0 spiro atoms. The maximum atomic E-state index is 15.0. The maximum absolute atomic E-state index is 15.0. The lowest BCUT2D eigenvalue weighted by molar-refractivity contribution is -0.0348. The summed E-state index contributed by atoms with van der Waals surface area (Å²) in [5.74, 6) is 0.806. The van der Waals surface area contributed by atoms with Gasteiger partial charge in [0.25, 0.3) is 0 Å². The Morgan fingerprint density at radius 1 is 0.909 bits per heavy atom. The first-order valence-corrected chi connectivity index (χ1v) is 9.18. The summed E-state index contributed by atoms with van der Waals surface area (Å²) in [5, 5.41) is 0. The Morgan fingerprint density at radius 3 is 1.82 bits per heavy atom. The minimum absolute atomic E-state index is 0.225. The number of rotatable bonds is 2. The predicted octanol–water partition coefficient (Wildman–Crippen LogP) is 4.35. The van der Waals surface area contributed by atoms with Crippen LogP contribution in [-0.4, -0.2) is 53.7 Å². The summed E-state index contributed by atoms with van der Waals surface area (Å²) in [4.78, 5) is 5.12. The SMILES string of the molecule is CC(C)(C)N1CCC(CN2CCC(F)(C(C)(C)C)CC2)CC1. The average Bonchev–Trinajstić information content (AvgIpc) is 2.40. The van der Waals surface area contributed by atoms with Gasteiger partial charge in [0.2, 0.25) is 0 Å². The van der Waals surface area contributed by atoms with Crippen LogP contribution in [0.4, 0.5) is 4.39 Å². The fraction of sp³-hybridized carbons (Fsp3) is 1.00. The minimum atomic E-state index is -0.973. The summed E-state index contributed by atoms with van der Waals surface area (Å²) in [6, 6.07) is 0. The zero-order chi connectivity index (χ0) is 16.6. The highest BCUT2D eigenvalue weighted by Gasteiger charge is 2.44. The van der Waals surface area contributed by atoms with E-state index >= 15 is 0 Å². The second kappa shape index (κ2) is 6.39. The van der Waals surface area contributed by atoms with Crippen molar-refractivity contribution >= 4 is 0 Å². The quantitative estimate of drug-likeness (QED) is 0.748. The van der Waals surface area contributed by atoms with E-state index in [-0.39, 0.29) is 5.41 Å². The lowest BCUT2D eigenvalue weighted by Gasteiger charge is -2.46. The molecule has 130 valence electrons. The monoisotopic (exact) mass is 312 g/mol. The molecule has 2 fully saturated rings. The molecule has 0 unspecified atom stereocenters. The smallest absolute Gasteiger partial charge is 0.118 e. The van der Waals surface area contributed by atoms with Crippen molar-refractivity contribution in [3.05, 3.63) is 0 Å². The molecule has 3 heteroatoms. The first-order chi connectivity index (χ1) is 10.0. The second-order valence-electron chi connectivity index (χ2n) is 9.62. The fourth-order valence-electron chi connectivity index (χ4n) is 3.99. The molecule has 0 N–H and O–H groups in total. The van der Waals surface area contributed by atoms with Crippen molar-refractivity contribution in [2.24, 2.45) is 11.3 Å². The molecule has 0 aromatic heterocycles. The van der Waals surface area contributed by atoms with E-state index in [0.29, 0.717) is 18.4 Å². The molecule has 2 aliphatic rings. The zero-order valence-electron chi connectivity index (χ0n) is 15.7. The van der Waals surface area contributed by atoms with Gasteiger partial charge in [-0.1, -0.05) is 20.8 Å². The third-order valence-corrected chi connectivity index (χ3v) is 6.07. The summed E-state index contributed by atoms with van der Waals surface area (Å²) >= 11 is 0. The van der Waals surface area contributed by atoms with E-state index in [1.54, 1.807) is 0 Å². The van der Waals surface area contributed by atoms with Crippen molar-refractivity contribution in [1.29, 1.82) is 0 Å². The van der Waals surface area contributed by atoms with Gasteiger partial charge in [0, 0.05) is 25.2 Å². The topological polar surface area (TPSA) is 6.48 Å². The van der Waals surface area contributed by atoms with Gasteiger partial charge in [0.05, 0.1) is 0 Å². The van der Waals surface area contributed by atoms with E-state index in [2.05, 4.69) is 30.6 Å². The van der Waals surface area contributed by atoms with Gasteiger partial charge in [-0.05, 0) is 70.9 Å². The largest absolute Gasteiger partial charge is 0.303 e. The van der Waals surface area contributed by atoms with Crippen LogP contribution >= 0.6 is 0 Å². The van der Waals surface area contributed by atoms with Gasteiger partial charge in [-0.2, -0.15) is 0 Å². The standard InChI is InChI=1S/C19H37FN2/c1-17(2,3)19(20)9-13-21(14-10-19)15-16-7-11-22(12-8-16)18(4,5)6/h16H,7-15H2,1-6H3. The molecule has 0 atom stereocenters. The van der Waals surface area contributed by atoms with E-state index in [1.807, 2.05) is 20.8 Å². The highest BCUT2D eigenvalue weighted by atomic mass is 19.1. The summed E-state index contributed by atoms with van der Waals surface area (Å²) in [6.07, 6.45) is 4.01. The molecule has 0 amide bonds. The van der Waals surface area contributed by atoms with Gasteiger partial charge in [0.15, 0.2) is 0 Å². The van der Waals surface area contributed by atoms with Crippen molar-refractivity contribution in [2.75, 3.05) is 32.7 Å².